The molecule has 0 bridgehead atoms. The van der Waals surface area contributed by atoms with Crippen LogP contribution >= 0.6 is 23.2 Å². The van der Waals surface area contributed by atoms with Crippen molar-refractivity contribution in [2.45, 2.75) is 20.4 Å². The first-order valence-corrected chi connectivity index (χ1v) is 7.01. The number of carbonyl (C=O) groups is 2. The Kier molecular flexibility index (Phi) is 7.05. The van der Waals surface area contributed by atoms with Crippen LogP contribution in [-0.4, -0.2) is 18.6 Å². The van der Waals surface area contributed by atoms with Crippen molar-refractivity contribution in [1.82, 2.24) is 10.6 Å². The number of urea groups is 1. The number of hydrogen-bond donors (Lipinski definition) is 2. The third-order valence-electron chi connectivity index (χ3n) is 2.37. The zero-order chi connectivity index (χ0) is 15.8. The molecule has 0 spiro atoms. The van der Waals surface area contributed by atoms with Crippen LogP contribution < -0.4 is 10.6 Å². The normalized spacial score (nSPS) is 11.0. The molecule has 0 saturated heterocycles. The molecule has 0 aromatic heterocycles. The molecule has 0 saturated carbocycles. The standard InChI is InChI=1S/C14H16Cl2N2O3/c1-3-21-13(19)6-9(2)18-14(20)17-8-10-4-5-11(15)12(16)7-10/h4-7H,3,8H2,1-2H3,(H2,17,18,20)/b9-6+. The highest BCUT2D eigenvalue weighted by Gasteiger charge is 2.05. The molecule has 0 fully saturated rings. The molecule has 7 heteroatoms. The largest absolute Gasteiger partial charge is 0.463 e. The van der Waals surface area contributed by atoms with E-state index < -0.39 is 12.0 Å². The molecule has 114 valence electrons. The topological polar surface area (TPSA) is 67.4 Å². The van der Waals surface area contributed by atoms with Crippen molar-refractivity contribution in [3.63, 3.8) is 0 Å². The Morgan fingerprint density at radius 2 is 2.00 bits per heavy atom. The fraction of sp³-hybridized carbons (Fsp3) is 0.286. The molecule has 0 aliphatic rings. The molecule has 0 aliphatic heterocycles. The monoisotopic (exact) mass is 330 g/mol. The van der Waals surface area contributed by atoms with E-state index in [1.807, 2.05) is 0 Å². The number of halogens is 2. The maximum absolute atomic E-state index is 11.6. The van der Waals surface area contributed by atoms with Crippen LogP contribution in [0.15, 0.2) is 30.0 Å². The number of rotatable bonds is 5. The van der Waals surface area contributed by atoms with Crippen LogP contribution in [0, 0.1) is 0 Å². The van der Waals surface area contributed by atoms with Crippen LogP contribution in [0.2, 0.25) is 10.0 Å². The molecule has 1 aromatic rings. The zero-order valence-corrected chi connectivity index (χ0v) is 13.2. The van der Waals surface area contributed by atoms with Gasteiger partial charge in [0.2, 0.25) is 0 Å². The molecular weight excluding hydrogens is 315 g/mol. The third kappa shape index (κ3) is 6.51. The first-order chi connectivity index (χ1) is 9.92. The average molecular weight is 331 g/mol. The minimum absolute atomic E-state index is 0.284. The van der Waals surface area contributed by atoms with Gasteiger partial charge in [0.15, 0.2) is 0 Å². The Labute approximate surface area is 133 Å². The smallest absolute Gasteiger partial charge is 0.332 e. The molecule has 2 N–H and O–H groups in total. The van der Waals surface area contributed by atoms with Crippen molar-refractivity contribution in [2.75, 3.05) is 6.61 Å². The maximum atomic E-state index is 11.6. The highest BCUT2D eigenvalue weighted by molar-refractivity contribution is 6.42. The first-order valence-electron chi connectivity index (χ1n) is 6.26. The average Bonchev–Trinajstić information content (AvgIpc) is 2.40. The highest BCUT2D eigenvalue weighted by atomic mass is 35.5. The van der Waals surface area contributed by atoms with Gasteiger partial charge < -0.3 is 15.4 Å². The fourth-order valence-electron chi connectivity index (χ4n) is 1.45. The Bertz CT molecular complexity index is 559. The predicted octanol–water partition coefficient (Wildman–Crippen LogP) is 3.26. The first kappa shape index (κ1) is 17.3. The van der Waals surface area contributed by atoms with Gasteiger partial charge in [-0.25, -0.2) is 9.59 Å². The molecule has 21 heavy (non-hydrogen) atoms. The second-order valence-corrected chi connectivity index (χ2v) is 4.95. The number of amides is 2. The molecule has 0 heterocycles. The van der Waals surface area contributed by atoms with Crippen LogP contribution in [0.4, 0.5) is 4.79 Å². The second kappa shape index (κ2) is 8.54. The van der Waals surface area contributed by atoms with E-state index >= 15 is 0 Å². The summed E-state index contributed by atoms with van der Waals surface area (Å²) in [4.78, 5) is 22.8. The highest BCUT2D eigenvalue weighted by Crippen LogP contribution is 2.22. The van der Waals surface area contributed by atoms with Crippen molar-refractivity contribution in [1.29, 1.82) is 0 Å². The lowest BCUT2D eigenvalue weighted by atomic mass is 10.2. The van der Waals surface area contributed by atoms with Crippen molar-refractivity contribution < 1.29 is 14.3 Å². The Morgan fingerprint density at radius 1 is 1.29 bits per heavy atom. The number of carbonyl (C=O) groups excluding carboxylic acids is 2. The van der Waals surface area contributed by atoms with E-state index in [0.29, 0.717) is 15.7 Å². The van der Waals surface area contributed by atoms with Gasteiger partial charge in [0.05, 0.1) is 16.7 Å². The van der Waals surface area contributed by atoms with Crippen LogP contribution in [-0.2, 0) is 16.1 Å². The maximum Gasteiger partial charge on any atom is 0.332 e. The van der Waals surface area contributed by atoms with Crippen molar-refractivity contribution in [3.8, 4) is 0 Å². The predicted molar refractivity (Wildman–Crippen MR) is 82.2 cm³/mol. The molecule has 0 aliphatic carbocycles. The van der Waals surface area contributed by atoms with E-state index in [1.165, 1.54) is 6.08 Å². The van der Waals surface area contributed by atoms with Crippen LogP contribution in [0.5, 0.6) is 0 Å². The summed E-state index contributed by atoms with van der Waals surface area (Å²) in [6, 6.07) is 4.66. The molecule has 0 unspecified atom stereocenters. The molecule has 1 rings (SSSR count). The number of hydrogen-bond acceptors (Lipinski definition) is 3. The Hall–Kier alpha value is -1.72. The second-order valence-electron chi connectivity index (χ2n) is 4.14. The number of ether oxygens (including phenoxy) is 1. The molecule has 2 amide bonds. The third-order valence-corrected chi connectivity index (χ3v) is 3.11. The van der Waals surface area contributed by atoms with E-state index in [9.17, 15) is 9.59 Å². The zero-order valence-electron chi connectivity index (χ0n) is 11.7. The Morgan fingerprint density at radius 3 is 2.62 bits per heavy atom. The van der Waals surface area contributed by atoms with E-state index in [0.717, 1.165) is 5.56 Å². The van der Waals surface area contributed by atoms with Gasteiger partial charge in [-0.05, 0) is 31.5 Å². The summed E-state index contributed by atoms with van der Waals surface area (Å²) in [6.07, 6.45) is 1.21. The van der Waals surface area contributed by atoms with E-state index in [2.05, 4.69) is 10.6 Å². The van der Waals surface area contributed by atoms with Crippen molar-refractivity contribution in [3.05, 3.63) is 45.6 Å². The van der Waals surface area contributed by atoms with E-state index in [-0.39, 0.29) is 13.2 Å². The lowest BCUT2D eigenvalue weighted by molar-refractivity contribution is -0.137. The van der Waals surface area contributed by atoms with Gasteiger partial charge in [0.25, 0.3) is 0 Å². The van der Waals surface area contributed by atoms with Gasteiger partial charge in [-0.1, -0.05) is 29.3 Å². The summed E-state index contributed by atoms with van der Waals surface area (Å²) < 4.78 is 4.73. The number of allylic oxidation sites excluding steroid dienone is 1. The SMILES string of the molecule is CCOC(=O)/C=C(\C)NC(=O)NCc1ccc(Cl)c(Cl)c1. The van der Waals surface area contributed by atoms with Gasteiger partial charge in [0, 0.05) is 18.3 Å². The summed E-state index contributed by atoms with van der Waals surface area (Å²) >= 11 is 11.7. The summed E-state index contributed by atoms with van der Waals surface area (Å²) in [5, 5.41) is 6.04. The van der Waals surface area contributed by atoms with Gasteiger partial charge in [0.1, 0.15) is 0 Å². The lowest BCUT2D eigenvalue weighted by Crippen LogP contribution is -2.34. The number of nitrogens with one attached hydrogen (secondary N) is 2. The van der Waals surface area contributed by atoms with Gasteiger partial charge >= 0.3 is 12.0 Å². The van der Waals surface area contributed by atoms with Crippen molar-refractivity contribution >= 4 is 35.2 Å². The molecule has 5 nitrogen and oxygen atoms in total. The molecular formula is C14H16Cl2N2O3. The molecule has 0 radical (unpaired) electrons. The van der Waals surface area contributed by atoms with Crippen molar-refractivity contribution in [2.24, 2.45) is 0 Å². The summed E-state index contributed by atoms with van der Waals surface area (Å²) in [7, 11) is 0. The van der Waals surface area contributed by atoms with Crippen LogP contribution in [0.25, 0.3) is 0 Å². The quantitative estimate of drug-likeness (QED) is 0.643. The van der Waals surface area contributed by atoms with Gasteiger partial charge in [-0.2, -0.15) is 0 Å². The lowest BCUT2D eigenvalue weighted by Gasteiger charge is -2.08. The number of benzene rings is 1. The molecule has 0 atom stereocenters. The summed E-state index contributed by atoms with van der Waals surface area (Å²) in [5.74, 6) is -0.500. The van der Waals surface area contributed by atoms with Gasteiger partial charge in [-0.3, -0.25) is 0 Å². The molecule has 1 aromatic carbocycles. The van der Waals surface area contributed by atoms with Crippen LogP contribution in [0.1, 0.15) is 19.4 Å². The van der Waals surface area contributed by atoms with Gasteiger partial charge in [-0.15, -0.1) is 0 Å². The van der Waals surface area contributed by atoms with E-state index in [1.54, 1.807) is 32.0 Å². The minimum atomic E-state index is -0.500. The van der Waals surface area contributed by atoms with E-state index in [4.69, 9.17) is 27.9 Å². The minimum Gasteiger partial charge on any atom is -0.463 e. The fourth-order valence-corrected chi connectivity index (χ4v) is 1.77. The summed E-state index contributed by atoms with van der Waals surface area (Å²) in [6.45, 7) is 3.87. The number of esters is 1. The Balaban J connectivity index is 2.47. The van der Waals surface area contributed by atoms with Crippen LogP contribution in [0.3, 0.4) is 0 Å². The summed E-state index contributed by atoms with van der Waals surface area (Å²) in [5.41, 5.74) is 1.20.